The number of nitrogens with one attached hydrogen (secondary N) is 1. The Kier molecular flexibility index (Phi) is 6.48. The van der Waals surface area contributed by atoms with Gasteiger partial charge in [0.05, 0.1) is 0 Å². The molecule has 0 radical (unpaired) electrons. The van der Waals surface area contributed by atoms with Crippen molar-refractivity contribution in [1.82, 2.24) is 5.32 Å². The Morgan fingerprint density at radius 1 is 1.08 bits per heavy atom. The molecule has 0 aliphatic carbocycles. The maximum absolute atomic E-state index is 11.6. The Hall–Kier alpha value is -2.70. The Labute approximate surface area is 139 Å². The topological polar surface area (TPSA) is 95.9 Å². The number of ether oxygens (including phenoxy) is 1. The largest absolute Gasteiger partial charge is 0.445 e. The molecule has 2 atom stereocenters. The Morgan fingerprint density at radius 3 is 2.46 bits per heavy atom. The van der Waals surface area contributed by atoms with Crippen molar-refractivity contribution in [2.24, 2.45) is 0 Å². The first-order valence-electron chi connectivity index (χ1n) is 7.46. The van der Waals surface area contributed by atoms with Crippen LogP contribution < -0.4 is 5.32 Å². The number of carbonyl (C=O) groups is 2. The fourth-order valence-electron chi connectivity index (χ4n) is 2.17. The predicted octanol–water partition coefficient (Wildman–Crippen LogP) is 1.82. The molecule has 0 aliphatic heterocycles. The third-order valence-electron chi connectivity index (χ3n) is 3.47. The molecule has 0 aromatic heterocycles. The average Bonchev–Trinajstić information content (AvgIpc) is 2.64. The smallest absolute Gasteiger partial charge is 0.407 e. The van der Waals surface area contributed by atoms with Crippen molar-refractivity contribution >= 4 is 12.4 Å². The lowest BCUT2D eigenvalue weighted by atomic mass is 9.99. The fraction of sp³-hybridized carbons (Fsp3) is 0.222. The van der Waals surface area contributed by atoms with Crippen molar-refractivity contribution < 1.29 is 24.5 Å². The molecule has 126 valence electrons. The van der Waals surface area contributed by atoms with Crippen LogP contribution in [0.25, 0.3) is 0 Å². The summed E-state index contributed by atoms with van der Waals surface area (Å²) < 4.78 is 5.01. The van der Waals surface area contributed by atoms with E-state index in [9.17, 15) is 19.8 Å². The van der Waals surface area contributed by atoms with Crippen LogP contribution in [0.5, 0.6) is 0 Å². The quantitative estimate of drug-likeness (QED) is 0.674. The summed E-state index contributed by atoms with van der Waals surface area (Å²) in [6, 6.07) is 15.6. The van der Waals surface area contributed by atoms with Gasteiger partial charge in [0.15, 0.2) is 0 Å². The third kappa shape index (κ3) is 4.91. The van der Waals surface area contributed by atoms with E-state index in [2.05, 4.69) is 5.32 Å². The van der Waals surface area contributed by atoms with E-state index >= 15 is 0 Å². The van der Waals surface area contributed by atoms with Gasteiger partial charge in [-0.25, -0.2) is 4.79 Å². The minimum absolute atomic E-state index is 0.110. The van der Waals surface area contributed by atoms with Crippen LogP contribution in [0.4, 0.5) is 4.79 Å². The lowest BCUT2D eigenvalue weighted by molar-refractivity contribution is 0.0180. The van der Waals surface area contributed by atoms with E-state index in [4.69, 9.17) is 4.74 Å². The summed E-state index contributed by atoms with van der Waals surface area (Å²) in [5.74, 6) is 0. The molecule has 2 aromatic carbocycles. The lowest BCUT2D eigenvalue weighted by Crippen LogP contribution is -2.36. The zero-order chi connectivity index (χ0) is 17.4. The summed E-state index contributed by atoms with van der Waals surface area (Å²) >= 11 is 0. The highest BCUT2D eigenvalue weighted by atomic mass is 16.5. The number of benzene rings is 2. The summed E-state index contributed by atoms with van der Waals surface area (Å²) in [5.41, 5.74) is 1.43. The molecule has 0 saturated heterocycles. The van der Waals surface area contributed by atoms with Gasteiger partial charge in [0.2, 0.25) is 0 Å². The normalized spacial score (nSPS) is 12.9. The number of amides is 1. The van der Waals surface area contributed by atoms with Crippen molar-refractivity contribution in [3.8, 4) is 0 Å². The van der Waals surface area contributed by atoms with Crippen molar-refractivity contribution in [1.29, 1.82) is 0 Å². The molecule has 3 N–H and O–H groups in total. The van der Waals surface area contributed by atoms with Crippen molar-refractivity contribution in [3.05, 3.63) is 71.3 Å². The zero-order valence-electron chi connectivity index (χ0n) is 13.0. The molecule has 6 nitrogen and oxygen atoms in total. The first kappa shape index (κ1) is 17.7. The van der Waals surface area contributed by atoms with Gasteiger partial charge in [0.1, 0.15) is 25.1 Å². The number of carbonyl (C=O) groups excluding carboxylic acids is 2. The second kappa shape index (κ2) is 8.81. The van der Waals surface area contributed by atoms with Gasteiger partial charge < -0.3 is 20.3 Å². The molecule has 0 bridgehead atoms. The minimum atomic E-state index is -1.29. The van der Waals surface area contributed by atoms with Crippen molar-refractivity contribution in [2.45, 2.75) is 18.8 Å². The molecular weight excluding hydrogens is 310 g/mol. The number of rotatable bonds is 7. The molecule has 2 unspecified atom stereocenters. The van der Waals surface area contributed by atoms with E-state index in [-0.39, 0.29) is 18.7 Å². The van der Waals surface area contributed by atoms with Crippen LogP contribution in [-0.2, 0) is 11.3 Å². The van der Waals surface area contributed by atoms with E-state index in [0.29, 0.717) is 11.8 Å². The van der Waals surface area contributed by atoms with Gasteiger partial charge in [-0.1, -0.05) is 54.6 Å². The van der Waals surface area contributed by atoms with Crippen LogP contribution >= 0.6 is 0 Å². The standard InChI is InChI=1S/C18H19NO5/c20-11-14-8-4-5-9-15(14)17(22)16(21)10-19-18(23)24-12-13-6-2-1-3-7-13/h1-9,11,16-17,21-22H,10,12H2,(H,19,23). The van der Waals surface area contributed by atoms with Gasteiger partial charge in [-0.3, -0.25) is 4.79 Å². The SMILES string of the molecule is O=Cc1ccccc1C(O)C(O)CNC(=O)OCc1ccccc1. The van der Waals surface area contributed by atoms with E-state index in [1.54, 1.807) is 24.3 Å². The van der Waals surface area contributed by atoms with Crippen molar-refractivity contribution in [3.63, 3.8) is 0 Å². The average molecular weight is 329 g/mol. The van der Waals surface area contributed by atoms with Gasteiger partial charge in [-0.2, -0.15) is 0 Å². The number of hydrogen-bond donors (Lipinski definition) is 3. The highest BCUT2D eigenvalue weighted by molar-refractivity contribution is 5.77. The van der Waals surface area contributed by atoms with Crippen LogP contribution in [0.3, 0.4) is 0 Å². The summed E-state index contributed by atoms with van der Waals surface area (Å²) in [6.45, 7) is -0.0960. The molecule has 2 aromatic rings. The highest BCUT2D eigenvalue weighted by Gasteiger charge is 2.21. The first-order valence-corrected chi connectivity index (χ1v) is 7.46. The third-order valence-corrected chi connectivity index (χ3v) is 3.47. The summed E-state index contributed by atoms with van der Waals surface area (Å²) in [4.78, 5) is 22.6. The Bertz CT molecular complexity index is 674. The van der Waals surface area contributed by atoms with E-state index in [0.717, 1.165) is 5.56 Å². The molecule has 0 spiro atoms. The molecule has 6 heteroatoms. The number of aliphatic hydroxyl groups excluding tert-OH is 2. The fourth-order valence-corrected chi connectivity index (χ4v) is 2.17. The number of hydrogen-bond acceptors (Lipinski definition) is 5. The molecule has 24 heavy (non-hydrogen) atoms. The minimum Gasteiger partial charge on any atom is -0.445 e. The second-order valence-corrected chi connectivity index (χ2v) is 5.20. The Morgan fingerprint density at radius 2 is 1.75 bits per heavy atom. The van der Waals surface area contributed by atoms with Gasteiger partial charge in [-0.15, -0.1) is 0 Å². The summed E-state index contributed by atoms with van der Waals surface area (Å²) in [7, 11) is 0. The monoisotopic (exact) mass is 329 g/mol. The van der Waals surface area contributed by atoms with Crippen LogP contribution in [-0.4, -0.2) is 35.2 Å². The summed E-state index contributed by atoms with van der Waals surface area (Å²) in [6.07, 6.45) is -2.66. The van der Waals surface area contributed by atoms with Gasteiger partial charge in [-0.05, 0) is 11.1 Å². The molecular formula is C18H19NO5. The molecule has 2 rings (SSSR count). The molecule has 0 heterocycles. The second-order valence-electron chi connectivity index (χ2n) is 5.20. The van der Waals surface area contributed by atoms with Crippen LogP contribution in [0.15, 0.2) is 54.6 Å². The number of aliphatic hydroxyl groups is 2. The van der Waals surface area contributed by atoms with Crippen molar-refractivity contribution in [2.75, 3.05) is 6.54 Å². The highest BCUT2D eigenvalue weighted by Crippen LogP contribution is 2.19. The van der Waals surface area contributed by atoms with E-state index in [1.165, 1.54) is 0 Å². The zero-order valence-corrected chi connectivity index (χ0v) is 13.0. The summed E-state index contributed by atoms with van der Waals surface area (Å²) in [5, 5.41) is 22.5. The Balaban J connectivity index is 1.82. The van der Waals surface area contributed by atoms with Crippen LogP contribution in [0, 0.1) is 0 Å². The maximum atomic E-state index is 11.6. The lowest BCUT2D eigenvalue weighted by Gasteiger charge is -2.19. The van der Waals surface area contributed by atoms with Gasteiger partial charge >= 0.3 is 6.09 Å². The molecule has 1 amide bonds. The van der Waals surface area contributed by atoms with Gasteiger partial charge in [0.25, 0.3) is 0 Å². The van der Waals surface area contributed by atoms with Crippen LogP contribution in [0.2, 0.25) is 0 Å². The van der Waals surface area contributed by atoms with Gasteiger partial charge in [0, 0.05) is 12.1 Å². The molecule has 0 aliphatic rings. The number of alkyl carbamates (subject to hydrolysis) is 1. The first-order chi connectivity index (χ1) is 11.6. The molecule has 0 fully saturated rings. The van der Waals surface area contributed by atoms with E-state index < -0.39 is 18.3 Å². The molecule has 0 saturated carbocycles. The maximum Gasteiger partial charge on any atom is 0.407 e. The predicted molar refractivity (Wildman–Crippen MR) is 87.4 cm³/mol. The van der Waals surface area contributed by atoms with E-state index in [1.807, 2.05) is 30.3 Å². The van der Waals surface area contributed by atoms with Crippen LogP contribution in [0.1, 0.15) is 27.6 Å². The number of aldehydes is 1.